The lowest BCUT2D eigenvalue weighted by Crippen LogP contribution is -2.26. The maximum Gasteiger partial charge on any atom is 0.405 e. The summed E-state index contributed by atoms with van der Waals surface area (Å²) in [6, 6.07) is 12.7. The molecule has 1 atom stereocenters. The number of benzene rings is 2. The second-order valence-corrected chi connectivity index (χ2v) is 9.60. The summed E-state index contributed by atoms with van der Waals surface area (Å²) in [6.45, 7) is 6.16. The van der Waals surface area contributed by atoms with Crippen LogP contribution in [-0.4, -0.2) is 16.0 Å². The van der Waals surface area contributed by atoms with Gasteiger partial charge in [-0.15, -0.1) is 0 Å². The molecule has 0 saturated heterocycles. The highest BCUT2D eigenvalue weighted by Crippen LogP contribution is 2.39. The van der Waals surface area contributed by atoms with Crippen LogP contribution in [0.5, 0.6) is 0 Å². The first-order valence-corrected chi connectivity index (χ1v) is 10.9. The number of anilines is 1. The van der Waals surface area contributed by atoms with E-state index in [0.29, 0.717) is 23.1 Å². The fourth-order valence-corrected chi connectivity index (χ4v) is 4.01. The smallest absolute Gasteiger partial charge is 0.405 e. The number of aromatic nitrogens is 1. The molecule has 0 fully saturated rings. The zero-order valence-electron chi connectivity index (χ0n) is 17.7. The van der Waals surface area contributed by atoms with E-state index in [2.05, 4.69) is 26.2 Å². The summed E-state index contributed by atoms with van der Waals surface area (Å²) in [7, 11) is 0. The number of carbonyl (C=O) groups is 1. The van der Waals surface area contributed by atoms with Gasteiger partial charge in [-0.3, -0.25) is 10.1 Å². The van der Waals surface area contributed by atoms with Gasteiger partial charge >= 0.3 is 11.8 Å². The molecule has 8 nitrogen and oxygen atoms in total. The van der Waals surface area contributed by atoms with Crippen LogP contribution in [0.15, 0.2) is 46.9 Å². The van der Waals surface area contributed by atoms with E-state index >= 15 is 0 Å². The number of halogens is 2. The third-order valence-corrected chi connectivity index (χ3v) is 5.59. The van der Waals surface area contributed by atoms with Gasteiger partial charge in [-0.25, -0.2) is 9.78 Å². The van der Waals surface area contributed by atoms with Crippen LogP contribution < -0.4 is 11.1 Å². The maximum absolute atomic E-state index is 11.6. The number of primary amides is 1. The molecule has 3 rings (SSSR count). The minimum Gasteiger partial charge on any atom is -0.441 e. The lowest BCUT2D eigenvalue weighted by atomic mass is 9.84. The molecule has 32 heavy (non-hydrogen) atoms. The summed E-state index contributed by atoms with van der Waals surface area (Å²) in [4.78, 5) is 26.6. The molecular weight excluding hydrogens is 500 g/mol. The first kappa shape index (κ1) is 23.7. The van der Waals surface area contributed by atoms with Gasteiger partial charge in [0.1, 0.15) is 11.8 Å². The van der Waals surface area contributed by atoms with Gasteiger partial charge in [-0.05, 0) is 29.3 Å². The van der Waals surface area contributed by atoms with Crippen molar-refractivity contribution in [3.63, 3.8) is 0 Å². The van der Waals surface area contributed by atoms with Crippen molar-refractivity contribution in [2.45, 2.75) is 33.4 Å². The number of nitrogens with zero attached hydrogens (tertiary/aromatic N) is 2. The summed E-state index contributed by atoms with van der Waals surface area (Å²) in [5, 5.41) is 15.2. The van der Waals surface area contributed by atoms with Crippen LogP contribution >= 0.6 is 27.5 Å². The Balaban J connectivity index is 1.91. The van der Waals surface area contributed by atoms with Crippen molar-refractivity contribution in [2.24, 2.45) is 11.1 Å². The molecule has 2 aromatic carbocycles. The molecule has 0 radical (unpaired) electrons. The molecule has 1 unspecified atom stereocenters. The number of nitrogens with two attached hydrogens (primary N) is 1. The highest BCUT2D eigenvalue weighted by Gasteiger charge is 2.29. The number of nitro groups is 1. The van der Waals surface area contributed by atoms with E-state index in [0.717, 1.165) is 15.6 Å². The predicted molar refractivity (Wildman–Crippen MR) is 128 cm³/mol. The molecule has 1 amide bonds. The number of hydrogen-bond acceptors (Lipinski definition) is 6. The molecule has 1 heterocycles. The van der Waals surface area contributed by atoms with E-state index < -0.39 is 17.1 Å². The van der Waals surface area contributed by atoms with Gasteiger partial charge < -0.3 is 15.8 Å². The van der Waals surface area contributed by atoms with Gasteiger partial charge in [0, 0.05) is 21.8 Å². The molecule has 1 aromatic heterocycles. The number of fused-ring (bicyclic) bond motifs is 1. The average molecular weight is 522 g/mol. The molecule has 3 N–H and O–H groups in total. The fourth-order valence-electron chi connectivity index (χ4n) is 3.41. The van der Waals surface area contributed by atoms with E-state index in [-0.39, 0.29) is 16.3 Å². The molecule has 0 aliphatic heterocycles. The van der Waals surface area contributed by atoms with Crippen LogP contribution in [0.4, 0.5) is 16.2 Å². The Morgan fingerprint density at radius 2 is 1.94 bits per heavy atom. The largest absolute Gasteiger partial charge is 0.441 e. The molecular formula is C22H22BrClN4O4. The van der Waals surface area contributed by atoms with Crippen LogP contribution in [0.25, 0.3) is 10.9 Å². The van der Waals surface area contributed by atoms with E-state index in [1.54, 1.807) is 18.2 Å². The third kappa shape index (κ3) is 5.28. The van der Waals surface area contributed by atoms with Crippen molar-refractivity contribution in [2.75, 3.05) is 5.32 Å². The zero-order chi connectivity index (χ0) is 23.6. The quantitative estimate of drug-likeness (QED) is 0.221. The van der Waals surface area contributed by atoms with Crippen LogP contribution in [0.2, 0.25) is 5.15 Å². The lowest BCUT2D eigenvalue weighted by Gasteiger charge is -2.30. The monoisotopic (exact) mass is 520 g/mol. The van der Waals surface area contributed by atoms with Crippen molar-refractivity contribution in [1.29, 1.82) is 0 Å². The summed E-state index contributed by atoms with van der Waals surface area (Å²) in [5.74, 6) is 0. The first-order chi connectivity index (χ1) is 15.0. The Morgan fingerprint density at radius 3 is 2.50 bits per heavy atom. The molecule has 0 aliphatic rings. The van der Waals surface area contributed by atoms with Crippen molar-refractivity contribution < 1.29 is 14.5 Å². The van der Waals surface area contributed by atoms with Crippen LogP contribution in [0.3, 0.4) is 0 Å². The number of carbonyl (C=O) groups excluding carboxylic acids is 1. The Hall–Kier alpha value is -2.91. The van der Waals surface area contributed by atoms with Crippen molar-refractivity contribution >= 4 is 55.9 Å². The number of nitrogens with one attached hydrogen (secondary N) is 1. The summed E-state index contributed by atoms with van der Waals surface area (Å²) in [6.07, 6.45) is -1.35. The number of pyridine rings is 1. The van der Waals surface area contributed by atoms with Gasteiger partial charge in [0.2, 0.25) is 5.15 Å². The first-order valence-electron chi connectivity index (χ1n) is 9.69. The molecule has 10 heteroatoms. The second kappa shape index (κ2) is 9.30. The normalized spacial score (nSPS) is 12.4. The highest BCUT2D eigenvalue weighted by atomic mass is 79.9. The Morgan fingerprint density at radius 1 is 1.28 bits per heavy atom. The highest BCUT2D eigenvalue weighted by molar-refractivity contribution is 9.10. The van der Waals surface area contributed by atoms with Gasteiger partial charge in [0.15, 0.2) is 0 Å². The summed E-state index contributed by atoms with van der Waals surface area (Å²) >= 11 is 9.49. The minimum absolute atomic E-state index is 0.185. The minimum atomic E-state index is -0.837. The average Bonchev–Trinajstić information content (AvgIpc) is 2.69. The molecule has 0 aliphatic carbocycles. The van der Waals surface area contributed by atoms with Gasteiger partial charge in [0.25, 0.3) is 0 Å². The SMILES string of the molecule is CC(C)(C)C(OC(N)=O)c1ccc(CNc2c([N+](=O)[O-])c(Cl)nc3cc(Br)ccc23)cc1. The van der Waals surface area contributed by atoms with Crippen LogP contribution in [-0.2, 0) is 11.3 Å². The molecule has 0 spiro atoms. The number of rotatable bonds is 6. The lowest BCUT2D eigenvalue weighted by molar-refractivity contribution is -0.384. The van der Waals surface area contributed by atoms with Gasteiger partial charge in [0.05, 0.1) is 10.4 Å². The van der Waals surface area contributed by atoms with Gasteiger partial charge in [-0.2, -0.15) is 0 Å². The van der Waals surface area contributed by atoms with Crippen molar-refractivity contribution in [3.8, 4) is 0 Å². The summed E-state index contributed by atoms with van der Waals surface area (Å²) in [5.41, 5.74) is 7.10. The standard InChI is InChI=1S/C22H22BrClN4O4/c1-22(2,3)19(32-21(25)29)13-6-4-12(5-7-13)11-26-17-15-9-8-14(23)10-16(15)27-20(24)18(17)28(30)31/h4-10,19H,11H2,1-3H3,(H2,25,29)(H,26,27). The summed E-state index contributed by atoms with van der Waals surface area (Å²) < 4.78 is 6.09. The van der Waals surface area contributed by atoms with E-state index in [4.69, 9.17) is 22.1 Å². The Labute approximate surface area is 198 Å². The Bertz CT molecular complexity index is 1180. The number of ether oxygens (including phenoxy) is 1. The van der Waals surface area contributed by atoms with Crippen molar-refractivity contribution in [1.82, 2.24) is 4.98 Å². The van der Waals surface area contributed by atoms with E-state index in [1.807, 2.05) is 45.0 Å². The predicted octanol–water partition coefficient (Wildman–Crippen LogP) is 6.35. The second-order valence-electron chi connectivity index (χ2n) is 8.32. The molecule has 3 aromatic rings. The zero-order valence-corrected chi connectivity index (χ0v) is 20.0. The van der Waals surface area contributed by atoms with Crippen LogP contribution in [0.1, 0.15) is 38.0 Å². The van der Waals surface area contributed by atoms with E-state index in [9.17, 15) is 14.9 Å². The van der Waals surface area contributed by atoms with Crippen LogP contribution in [0, 0.1) is 15.5 Å². The molecule has 168 valence electrons. The number of amides is 1. The topological polar surface area (TPSA) is 120 Å². The van der Waals surface area contributed by atoms with Crippen molar-refractivity contribution in [3.05, 3.63) is 73.3 Å². The number of hydrogen-bond donors (Lipinski definition) is 2. The fraction of sp³-hybridized carbons (Fsp3) is 0.273. The maximum atomic E-state index is 11.6. The molecule has 0 bridgehead atoms. The third-order valence-electron chi connectivity index (χ3n) is 4.83. The Kier molecular flexibility index (Phi) is 6.90. The molecule has 0 saturated carbocycles. The van der Waals surface area contributed by atoms with E-state index in [1.165, 1.54) is 0 Å². The van der Waals surface area contributed by atoms with Gasteiger partial charge in [-0.1, -0.05) is 72.6 Å².